The minimum absolute atomic E-state index is 0.0498. The second-order valence-corrected chi connectivity index (χ2v) is 4.06. The minimum Gasteiger partial charge on any atom is -0.345 e. The molecule has 0 saturated carbocycles. The summed E-state index contributed by atoms with van der Waals surface area (Å²) in [6, 6.07) is 1.92. The molecule has 2 aromatic rings. The first-order chi connectivity index (χ1) is 6.59. The van der Waals surface area contributed by atoms with E-state index in [4.69, 9.17) is 0 Å². The third-order valence-corrected chi connectivity index (χ3v) is 2.98. The standard InChI is InChI=1S/C10H9BrN2O/c1-5-9(11)3-7-8(6(2)14)4-12-10(7)13-5/h3-4H,1-2H3,(H,12,13). The molecule has 0 atom stereocenters. The Morgan fingerprint density at radius 3 is 2.93 bits per heavy atom. The Hall–Kier alpha value is -1.16. The molecule has 0 aromatic carbocycles. The van der Waals surface area contributed by atoms with Gasteiger partial charge in [0, 0.05) is 21.6 Å². The molecular formula is C10H9BrN2O. The highest BCUT2D eigenvalue weighted by atomic mass is 79.9. The van der Waals surface area contributed by atoms with Crippen molar-refractivity contribution in [3.8, 4) is 0 Å². The molecule has 0 bridgehead atoms. The molecule has 0 amide bonds. The highest BCUT2D eigenvalue weighted by molar-refractivity contribution is 9.10. The van der Waals surface area contributed by atoms with Crippen LogP contribution in [0.3, 0.4) is 0 Å². The number of halogens is 1. The predicted octanol–water partition coefficient (Wildman–Crippen LogP) is 2.84. The van der Waals surface area contributed by atoms with Gasteiger partial charge in [-0.3, -0.25) is 4.79 Å². The van der Waals surface area contributed by atoms with Gasteiger partial charge in [-0.05, 0) is 35.8 Å². The van der Waals surface area contributed by atoms with E-state index in [1.807, 2.05) is 13.0 Å². The number of Topliss-reactive ketones (excluding diaryl/α,β-unsaturated/α-hetero) is 1. The summed E-state index contributed by atoms with van der Waals surface area (Å²) in [5, 5.41) is 0.870. The van der Waals surface area contributed by atoms with Crippen LogP contribution >= 0.6 is 15.9 Å². The number of rotatable bonds is 1. The molecule has 2 rings (SSSR count). The fourth-order valence-corrected chi connectivity index (χ4v) is 1.72. The smallest absolute Gasteiger partial charge is 0.162 e. The first kappa shape index (κ1) is 9.40. The lowest BCUT2D eigenvalue weighted by Gasteiger charge is -1.98. The molecule has 72 valence electrons. The van der Waals surface area contributed by atoms with E-state index < -0.39 is 0 Å². The van der Waals surface area contributed by atoms with Gasteiger partial charge in [0.2, 0.25) is 0 Å². The molecule has 3 nitrogen and oxygen atoms in total. The van der Waals surface area contributed by atoms with Crippen molar-refractivity contribution in [3.05, 3.63) is 28.0 Å². The van der Waals surface area contributed by atoms with Crippen molar-refractivity contribution in [2.45, 2.75) is 13.8 Å². The first-order valence-electron chi connectivity index (χ1n) is 4.25. The number of fused-ring (bicyclic) bond motifs is 1. The highest BCUT2D eigenvalue weighted by Crippen LogP contribution is 2.23. The number of hydrogen-bond acceptors (Lipinski definition) is 2. The van der Waals surface area contributed by atoms with Crippen LogP contribution in [-0.4, -0.2) is 15.8 Å². The van der Waals surface area contributed by atoms with Crippen molar-refractivity contribution >= 4 is 32.7 Å². The average molecular weight is 253 g/mol. The van der Waals surface area contributed by atoms with E-state index in [0.29, 0.717) is 5.56 Å². The van der Waals surface area contributed by atoms with Crippen LogP contribution in [0.2, 0.25) is 0 Å². The molecule has 14 heavy (non-hydrogen) atoms. The second-order valence-electron chi connectivity index (χ2n) is 3.21. The largest absolute Gasteiger partial charge is 0.345 e. The zero-order valence-electron chi connectivity index (χ0n) is 7.89. The number of pyridine rings is 1. The van der Waals surface area contributed by atoms with Crippen LogP contribution in [0, 0.1) is 6.92 Å². The summed E-state index contributed by atoms with van der Waals surface area (Å²) >= 11 is 3.40. The molecule has 2 aromatic heterocycles. The van der Waals surface area contributed by atoms with Crippen LogP contribution in [0.25, 0.3) is 11.0 Å². The number of aromatic nitrogens is 2. The number of aromatic amines is 1. The van der Waals surface area contributed by atoms with E-state index in [1.165, 1.54) is 0 Å². The van der Waals surface area contributed by atoms with E-state index >= 15 is 0 Å². The Bertz CT molecular complexity index is 516. The molecule has 0 unspecified atom stereocenters. The summed E-state index contributed by atoms with van der Waals surface area (Å²) in [7, 11) is 0. The fraction of sp³-hybridized carbons (Fsp3) is 0.200. The minimum atomic E-state index is 0.0498. The monoisotopic (exact) mass is 252 g/mol. The van der Waals surface area contributed by atoms with E-state index in [0.717, 1.165) is 21.2 Å². The molecule has 4 heteroatoms. The van der Waals surface area contributed by atoms with Crippen LogP contribution in [0.4, 0.5) is 0 Å². The lowest BCUT2D eigenvalue weighted by molar-refractivity contribution is 0.101. The number of H-pyrrole nitrogens is 1. The second kappa shape index (κ2) is 3.20. The summed E-state index contributed by atoms with van der Waals surface area (Å²) in [6.07, 6.45) is 1.70. The van der Waals surface area contributed by atoms with Gasteiger partial charge >= 0.3 is 0 Å². The SMILES string of the molecule is CC(=O)c1c[nH]c2nc(C)c(Br)cc12. The Kier molecular flexibility index (Phi) is 2.15. The zero-order valence-corrected chi connectivity index (χ0v) is 9.47. The fourth-order valence-electron chi connectivity index (χ4n) is 1.41. The molecule has 0 fully saturated rings. The van der Waals surface area contributed by atoms with Crippen molar-refractivity contribution in [1.29, 1.82) is 0 Å². The number of hydrogen-bond donors (Lipinski definition) is 1. The Morgan fingerprint density at radius 2 is 2.29 bits per heavy atom. The molecule has 0 radical (unpaired) electrons. The molecular weight excluding hydrogens is 244 g/mol. The Balaban J connectivity index is 2.80. The highest BCUT2D eigenvalue weighted by Gasteiger charge is 2.10. The third-order valence-electron chi connectivity index (χ3n) is 2.17. The van der Waals surface area contributed by atoms with Crippen molar-refractivity contribution in [2.75, 3.05) is 0 Å². The molecule has 0 aliphatic rings. The van der Waals surface area contributed by atoms with Gasteiger partial charge in [-0.1, -0.05) is 0 Å². The van der Waals surface area contributed by atoms with E-state index in [1.54, 1.807) is 13.1 Å². The van der Waals surface area contributed by atoms with Gasteiger partial charge in [-0.15, -0.1) is 0 Å². The first-order valence-corrected chi connectivity index (χ1v) is 5.04. The lowest BCUT2D eigenvalue weighted by atomic mass is 10.1. The summed E-state index contributed by atoms with van der Waals surface area (Å²) in [4.78, 5) is 18.6. The van der Waals surface area contributed by atoms with Gasteiger partial charge in [0.25, 0.3) is 0 Å². The van der Waals surface area contributed by atoms with Gasteiger partial charge in [0.1, 0.15) is 5.65 Å². The zero-order chi connectivity index (χ0) is 10.3. The predicted molar refractivity (Wildman–Crippen MR) is 58.5 cm³/mol. The summed E-state index contributed by atoms with van der Waals surface area (Å²) in [5.41, 5.74) is 2.36. The van der Waals surface area contributed by atoms with E-state index in [9.17, 15) is 4.79 Å². The van der Waals surface area contributed by atoms with Crippen molar-refractivity contribution < 1.29 is 4.79 Å². The molecule has 0 aliphatic carbocycles. The van der Waals surface area contributed by atoms with Crippen molar-refractivity contribution in [1.82, 2.24) is 9.97 Å². The number of aryl methyl sites for hydroxylation is 1. The molecule has 0 saturated heterocycles. The molecule has 2 heterocycles. The summed E-state index contributed by atoms with van der Waals surface area (Å²) in [6.45, 7) is 3.47. The van der Waals surface area contributed by atoms with Crippen LogP contribution in [0.1, 0.15) is 23.0 Å². The quantitative estimate of drug-likeness (QED) is 0.794. The number of nitrogens with zero attached hydrogens (tertiary/aromatic N) is 1. The van der Waals surface area contributed by atoms with E-state index in [2.05, 4.69) is 25.9 Å². The summed E-state index contributed by atoms with van der Waals surface area (Å²) in [5.74, 6) is 0.0498. The Labute approximate surface area is 89.7 Å². The van der Waals surface area contributed by atoms with E-state index in [-0.39, 0.29) is 5.78 Å². The third kappa shape index (κ3) is 1.35. The number of carbonyl (C=O) groups excluding carboxylic acids is 1. The van der Waals surface area contributed by atoms with Crippen molar-refractivity contribution in [2.24, 2.45) is 0 Å². The van der Waals surface area contributed by atoms with Crippen LogP contribution in [0.5, 0.6) is 0 Å². The topological polar surface area (TPSA) is 45.8 Å². The lowest BCUT2D eigenvalue weighted by Crippen LogP contribution is -1.90. The number of carbonyl (C=O) groups is 1. The molecule has 1 N–H and O–H groups in total. The van der Waals surface area contributed by atoms with Crippen LogP contribution in [-0.2, 0) is 0 Å². The maximum Gasteiger partial charge on any atom is 0.162 e. The van der Waals surface area contributed by atoms with Gasteiger partial charge in [-0.2, -0.15) is 0 Å². The van der Waals surface area contributed by atoms with Gasteiger partial charge < -0.3 is 4.98 Å². The summed E-state index contributed by atoms with van der Waals surface area (Å²) < 4.78 is 0.923. The maximum absolute atomic E-state index is 11.3. The Morgan fingerprint density at radius 1 is 1.57 bits per heavy atom. The normalized spacial score (nSPS) is 10.8. The molecule has 0 spiro atoms. The van der Waals surface area contributed by atoms with Crippen molar-refractivity contribution in [3.63, 3.8) is 0 Å². The van der Waals surface area contributed by atoms with Crippen LogP contribution < -0.4 is 0 Å². The van der Waals surface area contributed by atoms with Gasteiger partial charge in [0.05, 0.1) is 5.69 Å². The number of ketones is 1. The van der Waals surface area contributed by atoms with Gasteiger partial charge in [-0.25, -0.2) is 4.98 Å². The average Bonchev–Trinajstić information content (AvgIpc) is 2.48. The molecule has 0 aliphatic heterocycles. The van der Waals surface area contributed by atoms with Gasteiger partial charge in [0.15, 0.2) is 5.78 Å². The van der Waals surface area contributed by atoms with Crippen LogP contribution in [0.15, 0.2) is 16.7 Å². The number of nitrogens with one attached hydrogen (secondary N) is 1. The maximum atomic E-state index is 11.3.